The van der Waals surface area contributed by atoms with Gasteiger partial charge < -0.3 is 15.3 Å². The second-order valence-electron chi connectivity index (χ2n) is 6.66. The summed E-state index contributed by atoms with van der Waals surface area (Å²) in [6.45, 7) is 4.31. The largest absolute Gasteiger partial charge is 0.481 e. The molecule has 0 bridgehead atoms. The van der Waals surface area contributed by atoms with Gasteiger partial charge in [0.15, 0.2) is 0 Å². The molecular weight excluding hydrogens is 304 g/mol. The Hall–Kier alpha value is -0.610. The number of carbonyl (C=O) groups is 1. The predicted octanol–water partition coefficient (Wildman–Crippen LogP) is 5.30. The van der Waals surface area contributed by atoms with Gasteiger partial charge in [-0.25, -0.2) is 0 Å². The SMILES string of the molecule is CCCCCCCCC(O)CO.CCCCCCCCCC(=O)O. The third-order valence-corrected chi connectivity index (χ3v) is 4.10. The average molecular weight is 347 g/mol. The summed E-state index contributed by atoms with van der Waals surface area (Å²) in [5.74, 6) is -0.663. The highest BCUT2D eigenvalue weighted by atomic mass is 16.4. The van der Waals surface area contributed by atoms with Crippen molar-refractivity contribution in [2.75, 3.05) is 6.61 Å². The summed E-state index contributed by atoms with van der Waals surface area (Å²) >= 11 is 0. The number of unbranched alkanes of at least 4 members (excludes halogenated alkanes) is 11. The first kappa shape index (κ1) is 25.6. The van der Waals surface area contributed by atoms with Gasteiger partial charge >= 0.3 is 5.97 Å². The molecule has 1 atom stereocenters. The van der Waals surface area contributed by atoms with Gasteiger partial charge in [-0.2, -0.15) is 0 Å². The maximum Gasteiger partial charge on any atom is 0.303 e. The van der Waals surface area contributed by atoms with E-state index in [1.807, 2.05) is 0 Å². The zero-order valence-corrected chi connectivity index (χ0v) is 16.1. The molecule has 146 valence electrons. The number of aliphatic hydroxyl groups excluding tert-OH is 2. The first-order chi connectivity index (χ1) is 11.6. The summed E-state index contributed by atoms with van der Waals surface area (Å²) in [4.78, 5) is 10.1. The van der Waals surface area contributed by atoms with Crippen LogP contribution in [0.5, 0.6) is 0 Å². The fraction of sp³-hybridized carbons (Fsp3) is 0.950. The molecule has 0 radical (unpaired) electrons. The molecule has 0 spiro atoms. The average Bonchev–Trinajstić information content (AvgIpc) is 2.57. The molecule has 4 nitrogen and oxygen atoms in total. The van der Waals surface area contributed by atoms with E-state index in [9.17, 15) is 4.79 Å². The minimum Gasteiger partial charge on any atom is -0.481 e. The fourth-order valence-corrected chi connectivity index (χ4v) is 2.48. The minimum atomic E-state index is -0.663. The lowest BCUT2D eigenvalue weighted by Crippen LogP contribution is -2.10. The number of aliphatic hydroxyl groups is 2. The highest BCUT2D eigenvalue weighted by Crippen LogP contribution is 2.08. The maximum atomic E-state index is 10.1. The molecule has 0 aliphatic carbocycles. The molecule has 0 aromatic heterocycles. The van der Waals surface area contributed by atoms with E-state index in [1.165, 1.54) is 64.2 Å². The summed E-state index contributed by atoms with van der Waals surface area (Å²) in [5.41, 5.74) is 0. The molecule has 24 heavy (non-hydrogen) atoms. The van der Waals surface area contributed by atoms with Crippen molar-refractivity contribution in [2.45, 2.75) is 116 Å². The van der Waals surface area contributed by atoms with Gasteiger partial charge in [0.05, 0.1) is 12.7 Å². The minimum absolute atomic E-state index is 0.0883. The van der Waals surface area contributed by atoms with Crippen LogP contribution in [0.25, 0.3) is 0 Å². The Labute approximate surface area is 149 Å². The lowest BCUT2D eigenvalue weighted by Gasteiger charge is -2.05. The van der Waals surface area contributed by atoms with Crippen LogP contribution in [-0.4, -0.2) is 34.0 Å². The summed E-state index contributed by atoms with van der Waals surface area (Å²) in [6.07, 6.45) is 16.3. The van der Waals surface area contributed by atoms with Gasteiger partial charge in [0.25, 0.3) is 0 Å². The van der Waals surface area contributed by atoms with Crippen molar-refractivity contribution in [1.29, 1.82) is 0 Å². The van der Waals surface area contributed by atoms with E-state index in [4.69, 9.17) is 15.3 Å². The van der Waals surface area contributed by atoms with Crippen LogP contribution in [0.15, 0.2) is 0 Å². The number of carboxylic acid groups (broad SMARTS) is 1. The first-order valence-electron chi connectivity index (χ1n) is 10.1. The van der Waals surface area contributed by atoms with Crippen molar-refractivity contribution in [3.8, 4) is 0 Å². The van der Waals surface area contributed by atoms with Crippen LogP contribution >= 0.6 is 0 Å². The monoisotopic (exact) mass is 346 g/mol. The molecule has 0 aliphatic heterocycles. The Morgan fingerprint density at radius 1 is 0.750 bits per heavy atom. The molecule has 0 fully saturated rings. The molecule has 4 heteroatoms. The van der Waals surface area contributed by atoms with E-state index in [2.05, 4.69) is 13.8 Å². The van der Waals surface area contributed by atoms with E-state index in [1.54, 1.807) is 0 Å². The Kier molecular flexibility index (Phi) is 23.9. The molecule has 0 rings (SSSR count). The molecule has 1 unspecified atom stereocenters. The Bertz CT molecular complexity index is 244. The summed E-state index contributed by atoms with van der Waals surface area (Å²) in [7, 11) is 0. The topological polar surface area (TPSA) is 77.8 Å². The van der Waals surface area contributed by atoms with Crippen LogP contribution in [-0.2, 0) is 4.79 Å². The van der Waals surface area contributed by atoms with Gasteiger partial charge in [-0.15, -0.1) is 0 Å². The molecule has 0 saturated carbocycles. The summed E-state index contributed by atoms with van der Waals surface area (Å²) in [6, 6.07) is 0. The van der Waals surface area contributed by atoms with Crippen molar-refractivity contribution < 1.29 is 20.1 Å². The van der Waals surface area contributed by atoms with Gasteiger partial charge in [0, 0.05) is 6.42 Å². The predicted molar refractivity (Wildman–Crippen MR) is 101 cm³/mol. The van der Waals surface area contributed by atoms with Gasteiger partial charge in [-0.1, -0.05) is 90.9 Å². The maximum absolute atomic E-state index is 10.1. The van der Waals surface area contributed by atoms with Crippen molar-refractivity contribution in [1.82, 2.24) is 0 Å². The van der Waals surface area contributed by atoms with Crippen LogP contribution < -0.4 is 0 Å². The summed E-state index contributed by atoms with van der Waals surface area (Å²) < 4.78 is 0. The standard InChI is InChI=1S/C10H22O2.C10H20O2/c1-2-3-4-5-6-7-8-10(12)9-11;1-2-3-4-5-6-7-8-9-10(11)12/h10-12H,2-9H2,1H3;2-9H2,1H3,(H,11,12). The quantitative estimate of drug-likeness (QED) is 0.331. The first-order valence-corrected chi connectivity index (χ1v) is 10.1. The van der Waals surface area contributed by atoms with Crippen LogP contribution in [0.1, 0.15) is 110 Å². The molecule has 0 saturated heterocycles. The lowest BCUT2D eigenvalue weighted by molar-refractivity contribution is -0.137. The third kappa shape index (κ3) is 26.3. The van der Waals surface area contributed by atoms with Gasteiger partial charge in [-0.05, 0) is 12.8 Å². The zero-order valence-electron chi connectivity index (χ0n) is 16.1. The molecular formula is C20H42O4. The number of rotatable bonds is 16. The molecule has 3 N–H and O–H groups in total. The molecule has 0 heterocycles. The zero-order chi connectivity index (χ0) is 18.5. The van der Waals surface area contributed by atoms with Crippen LogP contribution in [0.3, 0.4) is 0 Å². The summed E-state index contributed by atoms with van der Waals surface area (Å²) in [5, 5.41) is 25.9. The van der Waals surface area contributed by atoms with Crippen molar-refractivity contribution >= 4 is 5.97 Å². The fourth-order valence-electron chi connectivity index (χ4n) is 2.48. The lowest BCUT2D eigenvalue weighted by atomic mass is 10.1. The van der Waals surface area contributed by atoms with E-state index in [-0.39, 0.29) is 6.61 Å². The van der Waals surface area contributed by atoms with E-state index in [0.717, 1.165) is 25.7 Å². The number of aliphatic carboxylic acids is 1. The number of hydrogen-bond acceptors (Lipinski definition) is 3. The smallest absolute Gasteiger partial charge is 0.303 e. The van der Waals surface area contributed by atoms with Crippen molar-refractivity contribution in [3.05, 3.63) is 0 Å². The van der Waals surface area contributed by atoms with Crippen molar-refractivity contribution in [2.24, 2.45) is 0 Å². The number of hydrogen-bond donors (Lipinski definition) is 3. The highest BCUT2D eigenvalue weighted by Gasteiger charge is 2.00. The van der Waals surface area contributed by atoms with Gasteiger partial charge in [-0.3, -0.25) is 4.79 Å². The van der Waals surface area contributed by atoms with Crippen LogP contribution in [0.2, 0.25) is 0 Å². The second kappa shape index (κ2) is 22.4. The molecule has 0 aromatic carbocycles. The van der Waals surface area contributed by atoms with E-state index in [0.29, 0.717) is 6.42 Å². The Balaban J connectivity index is 0. The molecule has 0 aliphatic rings. The molecule has 0 amide bonds. The Morgan fingerprint density at radius 3 is 1.58 bits per heavy atom. The number of carboxylic acids is 1. The van der Waals surface area contributed by atoms with E-state index >= 15 is 0 Å². The second-order valence-corrected chi connectivity index (χ2v) is 6.66. The van der Waals surface area contributed by atoms with Crippen molar-refractivity contribution in [3.63, 3.8) is 0 Å². The third-order valence-electron chi connectivity index (χ3n) is 4.10. The van der Waals surface area contributed by atoms with Gasteiger partial charge in [0.2, 0.25) is 0 Å². The Morgan fingerprint density at radius 2 is 1.17 bits per heavy atom. The highest BCUT2D eigenvalue weighted by molar-refractivity contribution is 5.66. The normalized spacial score (nSPS) is 11.7. The molecule has 0 aromatic rings. The van der Waals surface area contributed by atoms with Crippen LogP contribution in [0, 0.1) is 0 Å². The van der Waals surface area contributed by atoms with Gasteiger partial charge in [0.1, 0.15) is 0 Å². The van der Waals surface area contributed by atoms with Crippen LogP contribution in [0.4, 0.5) is 0 Å². The van der Waals surface area contributed by atoms with E-state index < -0.39 is 12.1 Å².